The van der Waals surface area contributed by atoms with Gasteiger partial charge in [-0.15, -0.1) is 0 Å². The molecule has 1 saturated carbocycles. The van der Waals surface area contributed by atoms with E-state index in [0.29, 0.717) is 0 Å². The van der Waals surface area contributed by atoms with Gasteiger partial charge in [0.2, 0.25) is 0 Å². The third-order valence-electron chi connectivity index (χ3n) is 4.22. The van der Waals surface area contributed by atoms with Crippen molar-refractivity contribution in [1.82, 2.24) is 10.3 Å². The van der Waals surface area contributed by atoms with Gasteiger partial charge in [-0.25, -0.2) is 4.98 Å². The third kappa shape index (κ3) is 2.95. The maximum Gasteiger partial charge on any atom is 0.133 e. The monoisotopic (exact) mass is 323 g/mol. The van der Waals surface area contributed by atoms with Crippen LogP contribution in [0.4, 0.5) is 5.82 Å². The first kappa shape index (κ1) is 13.4. The highest BCUT2D eigenvalue weighted by molar-refractivity contribution is 9.10. The summed E-state index contributed by atoms with van der Waals surface area (Å²) in [6.45, 7) is 6.70. The summed E-state index contributed by atoms with van der Waals surface area (Å²) < 4.78 is 1.07. The zero-order chi connectivity index (χ0) is 13.5. The van der Waals surface area contributed by atoms with E-state index in [2.05, 4.69) is 46.1 Å². The first-order valence-corrected chi connectivity index (χ1v) is 8.01. The Bertz CT molecular complexity index is 468. The first-order valence-electron chi connectivity index (χ1n) is 7.22. The number of pyridine rings is 1. The van der Waals surface area contributed by atoms with Crippen molar-refractivity contribution < 1.29 is 0 Å². The summed E-state index contributed by atoms with van der Waals surface area (Å²) in [6, 6.07) is 2.95. The van der Waals surface area contributed by atoms with Crippen LogP contribution in [0.25, 0.3) is 0 Å². The Labute approximate surface area is 123 Å². The van der Waals surface area contributed by atoms with E-state index in [-0.39, 0.29) is 5.54 Å². The van der Waals surface area contributed by atoms with E-state index in [4.69, 9.17) is 4.98 Å². The van der Waals surface area contributed by atoms with Gasteiger partial charge in [0.1, 0.15) is 5.82 Å². The molecule has 0 bridgehead atoms. The molecule has 19 heavy (non-hydrogen) atoms. The smallest absolute Gasteiger partial charge is 0.133 e. The lowest BCUT2D eigenvalue weighted by Crippen LogP contribution is -2.39. The van der Waals surface area contributed by atoms with Gasteiger partial charge in [-0.1, -0.05) is 0 Å². The number of nitrogens with one attached hydrogen (secondary N) is 1. The topological polar surface area (TPSA) is 28.2 Å². The van der Waals surface area contributed by atoms with Crippen LogP contribution < -0.4 is 10.2 Å². The van der Waals surface area contributed by atoms with Crippen LogP contribution in [0.1, 0.15) is 45.1 Å². The van der Waals surface area contributed by atoms with Gasteiger partial charge in [0.15, 0.2) is 0 Å². The minimum absolute atomic E-state index is 0.231. The predicted octanol–water partition coefficient (Wildman–Crippen LogP) is 3.47. The quantitative estimate of drug-likeness (QED) is 0.919. The number of hydrogen-bond acceptors (Lipinski definition) is 3. The molecule has 0 atom stereocenters. The summed E-state index contributed by atoms with van der Waals surface area (Å²) in [4.78, 5) is 7.17. The molecule has 1 aromatic rings. The molecule has 4 heteroatoms. The van der Waals surface area contributed by atoms with Crippen molar-refractivity contribution in [1.29, 1.82) is 0 Å². The van der Waals surface area contributed by atoms with E-state index in [0.717, 1.165) is 23.6 Å². The number of aromatic nitrogens is 1. The highest BCUT2D eigenvalue weighted by atomic mass is 79.9. The molecule has 3 rings (SSSR count). The lowest BCUT2D eigenvalue weighted by molar-refractivity contribution is 0.512. The Morgan fingerprint density at radius 3 is 2.89 bits per heavy atom. The zero-order valence-corrected chi connectivity index (χ0v) is 13.3. The highest BCUT2D eigenvalue weighted by Crippen LogP contribution is 2.35. The van der Waals surface area contributed by atoms with Crippen LogP contribution in [0.2, 0.25) is 0 Å². The van der Waals surface area contributed by atoms with Crippen molar-refractivity contribution in [2.45, 2.75) is 57.7 Å². The van der Waals surface area contributed by atoms with Gasteiger partial charge in [-0.3, -0.25) is 0 Å². The van der Waals surface area contributed by atoms with Crippen LogP contribution in [0.3, 0.4) is 0 Å². The van der Waals surface area contributed by atoms with Crippen LogP contribution in [-0.2, 0) is 6.54 Å². The fraction of sp³-hybridized carbons (Fsp3) is 0.667. The van der Waals surface area contributed by atoms with Crippen LogP contribution in [0.15, 0.2) is 16.7 Å². The Morgan fingerprint density at radius 1 is 1.47 bits per heavy atom. The number of hydrogen-bond donors (Lipinski definition) is 1. The molecule has 2 fully saturated rings. The summed E-state index contributed by atoms with van der Waals surface area (Å²) in [5.74, 6) is 1.17. The van der Waals surface area contributed by atoms with E-state index < -0.39 is 0 Å². The van der Waals surface area contributed by atoms with E-state index in [1.807, 2.05) is 6.20 Å². The number of anilines is 1. The second kappa shape index (κ2) is 5.06. The normalized spacial score (nSPS) is 21.9. The number of rotatable bonds is 4. The van der Waals surface area contributed by atoms with Gasteiger partial charge in [-0.05, 0) is 61.5 Å². The van der Waals surface area contributed by atoms with Gasteiger partial charge in [-0.2, -0.15) is 0 Å². The molecule has 1 N–H and O–H groups in total. The Kier molecular flexibility index (Phi) is 3.56. The second-order valence-electron chi connectivity index (χ2n) is 6.36. The number of nitrogens with zero attached hydrogens (tertiary/aromatic N) is 2. The Hall–Kier alpha value is -0.610. The molecule has 1 aliphatic heterocycles. The molecular formula is C15H22BrN3. The molecule has 0 spiro atoms. The van der Waals surface area contributed by atoms with Crippen molar-refractivity contribution in [2.75, 3.05) is 11.4 Å². The van der Waals surface area contributed by atoms with Crippen molar-refractivity contribution in [2.24, 2.45) is 0 Å². The zero-order valence-electron chi connectivity index (χ0n) is 11.7. The van der Waals surface area contributed by atoms with Gasteiger partial charge < -0.3 is 10.2 Å². The molecule has 2 aliphatic rings. The molecule has 2 heterocycles. The van der Waals surface area contributed by atoms with E-state index in [1.165, 1.54) is 37.1 Å². The summed E-state index contributed by atoms with van der Waals surface area (Å²) in [5, 5.41) is 3.60. The Balaban J connectivity index is 1.86. The standard InChI is InChI=1S/C15H22BrN3/c1-15(2)6-3-7-19(15)14-11(8-12(16)10-18-14)9-17-13-4-5-13/h8,10,13,17H,3-7,9H2,1-2H3. The molecule has 0 aromatic carbocycles. The SMILES string of the molecule is CC1(C)CCCN1c1ncc(Br)cc1CNC1CC1. The van der Waals surface area contributed by atoms with Crippen LogP contribution >= 0.6 is 15.9 Å². The summed E-state index contributed by atoms with van der Waals surface area (Å²) in [6.07, 6.45) is 7.09. The van der Waals surface area contributed by atoms with E-state index in [1.54, 1.807) is 0 Å². The van der Waals surface area contributed by atoms with Crippen molar-refractivity contribution in [3.05, 3.63) is 22.3 Å². The summed E-state index contributed by atoms with van der Waals surface area (Å²) in [5.41, 5.74) is 1.55. The third-order valence-corrected chi connectivity index (χ3v) is 4.66. The van der Waals surface area contributed by atoms with Gasteiger partial charge in [0, 0.05) is 40.9 Å². The molecule has 1 saturated heterocycles. The Morgan fingerprint density at radius 2 is 2.26 bits per heavy atom. The first-order chi connectivity index (χ1) is 9.06. The lowest BCUT2D eigenvalue weighted by atomic mass is 10.0. The minimum atomic E-state index is 0.231. The molecule has 104 valence electrons. The van der Waals surface area contributed by atoms with Gasteiger partial charge in [0.25, 0.3) is 0 Å². The van der Waals surface area contributed by atoms with Crippen molar-refractivity contribution in [3.8, 4) is 0 Å². The fourth-order valence-electron chi connectivity index (χ4n) is 2.89. The average Bonchev–Trinajstić information content (AvgIpc) is 3.11. The molecule has 1 aliphatic carbocycles. The van der Waals surface area contributed by atoms with Crippen LogP contribution in [-0.4, -0.2) is 23.1 Å². The molecule has 3 nitrogen and oxygen atoms in total. The van der Waals surface area contributed by atoms with Crippen molar-refractivity contribution in [3.63, 3.8) is 0 Å². The maximum absolute atomic E-state index is 4.69. The lowest BCUT2D eigenvalue weighted by Gasteiger charge is -2.34. The largest absolute Gasteiger partial charge is 0.351 e. The summed E-state index contributed by atoms with van der Waals surface area (Å²) >= 11 is 3.55. The van der Waals surface area contributed by atoms with Crippen LogP contribution in [0, 0.1) is 0 Å². The molecular weight excluding hydrogens is 302 g/mol. The second-order valence-corrected chi connectivity index (χ2v) is 7.27. The predicted molar refractivity (Wildman–Crippen MR) is 82.5 cm³/mol. The number of halogens is 1. The van der Waals surface area contributed by atoms with E-state index in [9.17, 15) is 0 Å². The fourth-order valence-corrected chi connectivity index (χ4v) is 3.27. The van der Waals surface area contributed by atoms with E-state index >= 15 is 0 Å². The average molecular weight is 324 g/mol. The van der Waals surface area contributed by atoms with Crippen LogP contribution in [0.5, 0.6) is 0 Å². The van der Waals surface area contributed by atoms with Gasteiger partial charge >= 0.3 is 0 Å². The highest BCUT2D eigenvalue weighted by Gasteiger charge is 2.34. The molecule has 0 radical (unpaired) electrons. The molecule has 1 aromatic heterocycles. The molecule has 0 unspecified atom stereocenters. The van der Waals surface area contributed by atoms with Gasteiger partial charge in [0.05, 0.1) is 0 Å². The maximum atomic E-state index is 4.69. The summed E-state index contributed by atoms with van der Waals surface area (Å²) in [7, 11) is 0. The molecule has 0 amide bonds. The minimum Gasteiger partial charge on any atom is -0.351 e. The van der Waals surface area contributed by atoms with Crippen molar-refractivity contribution >= 4 is 21.7 Å².